The van der Waals surface area contributed by atoms with Crippen LogP contribution in [0.1, 0.15) is 5.69 Å². The number of hydrogen-bond acceptors (Lipinski definition) is 6. The maximum absolute atomic E-state index is 12.4. The molecule has 4 rings (SSSR count). The molecule has 1 N–H and O–H groups in total. The molecule has 2 aromatic heterocycles. The van der Waals surface area contributed by atoms with Gasteiger partial charge in [-0.05, 0) is 24.3 Å². The van der Waals surface area contributed by atoms with Gasteiger partial charge < -0.3 is 19.2 Å². The summed E-state index contributed by atoms with van der Waals surface area (Å²) < 4.78 is 16.6. The van der Waals surface area contributed by atoms with Gasteiger partial charge >= 0.3 is 0 Å². The zero-order valence-electron chi connectivity index (χ0n) is 13.2. The number of rotatable bonds is 4. The van der Waals surface area contributed by atoms with Gasteiger partial charge in [0, 0.05) is 12.4 Å². The van der Waals surface area contributed by atoms with Gasteiger partial charge in [0.1, 0.15) is 12.3 Å². The van der Waals surface area contributed by atoms with Crippen molar-refractivity contribution in [1.29, 1.82) is 0 Å². The number of fused-ring (bicyclic) bond motifs is 1. The lowest BCUT2D eigenvalue weighted by atomic mass is 10.2. The number of amides is 1. The highest BCUT2D eigenvalue weighted by molar-refractivity contribution is 5.81. The number of carbonyl (C=O) groups excluding carboxylic acids is 1. The third-order valence-corrected chi connectivity index (χ3v) is 3.76. The van der Waals surface area contributed by atoms with Gasteiger partial charge in [-0.2, -0.15) is 0 Å². The predicted molar refractivity (Wildman–Crippen MR) is 87.9 cm³/mol. The van der Waals surface area contributed by atoms with Crippen LogP contribution in [0.3, 0.4) is 0 Å². The summed E-state index contributed by atoms with van der Waals surface area (Å²) in [6.07, 6.45) is 4.01. The molecule has 0 bridgehead atoms. The van der Waals surface area contributed by atoms with E-state index < -0.39 is 6.10 Å². The standard InChI is InChI=1S/C18H15N3O4/c22-18(16-11-24-13-4-1-2-5-14(13)25-16)21-10-12-17(20-8-7-19-12)15-6-3-9-23-15/h1-9,16H,10-11H2,(H,21,22)/t16-/m1/s1. The lowest BCUT2D eigenvalue weighted by Crippen LogP contribution is -2.43. The molecule has 3 heterocycles. The molecule has 0 saturated carbocycles. The zero-order valence-corrected chi connectivity index (χ0v) is 13.2. The number of nitrogens with zero attached hydrogens (tertiary/aromatic N) is 2. The summed E-state index contributed by atoms with van der Waals surface area (Å²) in [5, 5.41) is 2.81. The number of aromatic nitrogens is 2. The summed E-state index contributed by atoms with van der Waals surface area (Å²) in [4.78, 5) is 20.9. The SMILES string of the molecule is O=C(NCc1nccnc1-c1ccco1)[C@H]1COc2ccccc2O1. The number of benzene rings is 1. The molecule has 3 aromatic rings. The Morgan fingerprint density at radius 2 is 1.96 bits per heavy atom. The van der Waals surface area contributed by atoms with Crippen LogP contribution >= 0.6 is 0 Å². The Kier molecular flexibility index (Phi) is 4.04. The van der Waals surface area contributed by atoms with E-state index in [2.05, 4.69) is 15.3 Å². The highest BCUT2D eigenvalue weighted by atomic mass is 16.6. The predicted octanol–water partition coefficient (Wildman–Crippen LogP) is 2.19. The van der Waals surface area contributed by atoms with Crippen LogP contribution in [0.5, 0.6) is 11.5 Å². The maximum Gasteiger partial charge on any atom is 0.265 e. The van der Waals surface area contributed by atoms with Crippen molar-refractivity contribution in [2.24, 2.45) is 0 Å². The summed E-state index contributed by atoms with van der Waals surface area (Å²) in [5.74, 6) is 1.53. The minimum atomic E-state index is -0.710. The first kappa shape index (κ1) is 15.2. The minimum Gasteiger partial charge on any atom is -0.485 e. The molecule has 1 amide bonds. The third kappa shape index (κ3) is 3.16. The van der Waals surface area contributed by atoms with E-state index >= 15 is 0 Å². The Morgan fingerprint density at radius 1 is 1.12 bits per heavy atom. The molecule has 25 heavy (non-hydrogen) atoms. The normalized spacial score (nSPS) is 15.6. The van der Waals surface area contributed by atoms with Gasteiger partial charge in [0.2, 0.25) is 6.10 Å². The lowest BCUT2D eigenvalue weighted by Gasteiger charge is -2.25. The van der Waals surface area contributed by atoms with E-state index in [0.29, 0.717) is 28.6 Å². The average molecular weight is 337 g/mol. The molecule has 0 aliphatic carbocycles. The fraction of sp³-hybridized carbons (Fsp3) is 0.167. The molecule has 0 spiro atoms. The molecule has 0 fully saturated rings. The Bertz CT molecular complexity index is 880. The van der Waals surface area contributed by atoms with Crippen LogP contribution in [-0.4, -0.2) is 28.6 Å². The number of furan rings is 1. The van der Waals surface area contributed by atoms with Crippen molar-refractivity contribution in [1.82, 2.24) is 15.3 Å². The second-order valence-electron chi connectivity index (χ2n) is 5.41. The van der Waals surface area contributed by atoms with E-state index in [9.17, 15) is 4.79 Å². The van der Waals surface area contributed by atoms with Crippen molar-refractivity contribution in [2.45, 2.75) is 12.6 Å². The number of para-hydroxylation sites is 2. The van der Waals surface area contributed by atoms with Crippen LogP contribution in [0.4, 0.5) is 0 Å². The van der Waals surface area contributed by atoms with Crippen molar-refractivity contribution in [3.8, 4) is 23.0 Å². The number of ether oxygens (including phenoxy) is 2. The molecule has 7 heteroatoms. The minimum absolute atomic E-state index is 0.161. The largest absolute Gasteiger partial charge is 0.485 e. The van der Waals surface area contributed by atoms with Gasteiger partial charge in [-0.25, -0.2) is 4.98 Å². The van der Waals surface area contributed by atoms with Crippen LogP contribution in [0, 0.1) is 0 Å². The molecule has 0 radical (unpaired) electrons. The van der Waals surface area contributed by atoms with Gasteiger partial charge in [0.05, 0.1) is 18.5 Å². The second kappa shape index (κ2) is 6.64. The van der Waals surface area contributed by atoms with E-state index in [1.807, 2.05) is 12.1 Å². The van der Waals surface area contributed by atoms with Crippen molar-refractivity contribution < 1.29 is 18.7 Å². The molecule has 0 saturated heterocycles. The van der Waals surface area contributed by atoms with Crippen molar-refractivity contribution >= 4 is 5.91 Å². The van der Waals surface area contributed by atoms with Crippen LogP contribution in [0.15, 0.2) is 59.5 Å². The first-order chi connectivity index (χ1) is 12.3. The molecule has 1 atom stereocenters. The molecule has 126 valence electrons. The maximum atomic E-state index is 12.4. The summed E-state index contributed by atoms with van der Waals surface area (Å²) >= 11 is 0. The van der Waals surface area contributed by atoms with Gasteiger partial charge in [0.25, 0.3) is 5.91 Å². The highest BCUT2D eigenvalue weighted by Gasteiger charge is 2.27. The van der Waals surface area contributed by atoms with Crippen LogP contribution in [0.25, 0.3) is 11.5 Å². The topological polar surface area (TPSA) is 86.5 Å². The summed E-state index contributed by atoms with van der Waals surface area (Å²) in [6, 6.07) is 10.8. The van der Waals surface area contributed by atoms with Gasteiger partial charge in [-0.1, -0.05) is 12.1 Å². The Balaban J connectivity index is 1.44. The van der Waals surface area contributed by atoms with E-state index in [0.717, 1.165) is 0 Å². The second-order valence-corrected chi connectivity index (χ2v) is 5.41. The Hall–Kier alpha value is -3.35. The average Bonchev–Trinajstić information content (AvgIpc) is 3.20. The Labute approximate surface area is 143 Å². The monoisotopic (exact) mass is 337 g/mol. The Morgan fingerprint density at radius 3 is 2.80 bits per heavy atom. The fourth-order valence-electron chi connectivity index (χ4n) is 2.55. The zero-order chi connectivity index (χ0) is 17.1. The van der Waals surface area contributed by atoms with Gasteiger partial charge in [-0.3, -0.25) is 9.78 Å². The first-order valence-electron chi connectivity index (χ1n) is 7.81. The van der Waals surface area contributed by atoms with Crippen LogP contribution < -0.4 is 14.8 Å². The molecular formula is C18H15N3O4. The molecule has 1 aromatic carbocycles. The van der Waals surface area contributed by atoms with E-state index in [-0.39, 0.29) is 19.1 Å². The lowest BCUT2D eigenvalue weighted by molar-refractivity contribution is -0.130. The van der Waals surface area contributed by atoms with Gasteiger partial charge in [0.15, 0.2) is 17.3 Å². The first-order valence-corrected chi connectivity index (χ1v) is 7.81. The third-order valence-electron chi connectivity index (χ3n) is 3.76. The highest BCUT2D eigenvalue weighted by Crippen LogP contribution is 2.30. The number of hydrogen-bond donors (Lipinski definition) is 1. The summed E-state index contributed by atoms with van der Waals surface area (Å²) in [6.45, 7) is 0.374. The molecule has 0 unspecified atom stereocenters. The quantitative estimate of drug-likeness (QED) is 0.785. The van der Waals surface area contributed by atoms with E-state index in [4.69, 9.17) is 13.9 Å². The molecule has 1 aliphatic heterocycles. The summed E-state index contributed by atoms with van der Waals surface area (Å²) in [5.41, 5.74) is 1.21. The smallest absolute Gasteiger partial charge is 0.265 e. The van der Waals surface area contributed by atoms with Gasteiger partial charge in [-0.15, -0.1) is 0 Å². The van der Waals surface area contributed by atoms with Crippen molar-refractivity contribution in [3.05, 3.63) is 60.7 Å². The van der Waals surface area contributed by atoms with Crippen LogP contribution in [0.2, 0.25) is 0 Å². The van der Waals surface area contributed by atoms with E-state index in [1.165, 1.54) is 0 Å². The fourth-order valence-corrected chi connectivity index (χ4v) is 2.55. The van der Waals surface area contributed by atoms with E-state index in [1.54, 1.807) is 42.9 Å². The molecule has 1 aliphatic rings. The van der Waals surface area contributed by atoms with Crippen LogP contribution in [-0.2, 0) is 11.3 Å². The summed E-state index contributed by atoms with van der Waals surface area (Å²) in [7, 11) is 0. The number of nitrogens with one attached hydrogen (secondary N) is 1. The van der Waals surface area contributed by atoms with Crippen molar-refractivity contribution in [3.63, 3.8) is 0 Å². The number of carbonyl (C=O) groups is 1. The van der Waals surface area contributed by atoms with Crippen molar-refractivity contribution in [2.75, 3.05) is 6.61 Å². The molecular weight excluding hydrogens is 322 g/mol. The molecule has 7 nitrogen and oxygen atoms in total.